The monoisotopic (exact) mass is 291 g/mol. The summed E-state index contributed by atoms with van der Waals surface area (Å²) in [6, 6.07) is 6.89. The Morgan fingerprint density at radius 2 is 1.83 bits per heavy atom. The number of ether oxygens (including phenoxy) is 2. The molecule has 18 heavy (non-hydrogen) atoms. The Morgan fingerprint density at radius 1 is 1.22 bits per heavy atom. The smallest absolute Gasteiger partial charge is 0.233 e. The lowest BCUT2D eigenvalue weighted by Crippen LogP contribution is -2.17. The van der Waals surface area contributed by atoms with Crippen molar-refractivity contribution >= 4 is 27.3 Å². The maximum absolute atomic E-state index is 11.5. The van der Waals surface area contributed by atoms with Crippen molar-refractivity contribution < 1.29 is 17.9 Å². The number of anilines is 1. The van der Waals surface area contributed by atoms with Gasteiger partial charge in [0, 0.05) is 17.1 Å². The minimum Gasteiger partial charge on any atom is -0.346 e. The van der Waals surface area contributed by atoms with Crippen LogP contribution in [0.5, 0.6) is 0 Å². The number of sulfonamides is 1. The Balaban J connectivity index is 2.03. The Kier molecular flexibility index (Phi) is 4.45. The van der Waals surface area contributed by atoms with E-state index in [0.717, 1.165) is 5.56 Å². The van der Waals surface area contributed by atoms with Gasteiger partial charge in [-0.3, -0.25) is 4.72 Å². The van der Waals surface area contributed by atoms with Crippen molar-refractivity contribution in [1.82, 2.24) is 0 Å². The van der Waals surface area contributed by atoms with Crippen LogP contribution in [0, 0.1) is 0 Å². The van der Waals surface area contributed by atoms with Gasteiger partial charge in [0.15, 0.2) is 6.29 Å². The lowest BCUT2D eigenvalue weighted by Gasteiger charge is -2.11. The third-order valence-corrected chi connectivity index (χ3v) is 4.13. The molecule has 1 aliphatic rings. The van der Waals surface area contributed by atoms with Crippen molar-refractivity contribution in [2.45, 2.75) is 6.29 Å². The normalized spacial score (nSPS) is 16.9. The third-order valence-electron chi connectivity index (χ3n) is 2.42. The molecule has 2 rings (SSSR count). The van der Waals surface area contributed by atoms with E-state index in [0.29, 0.717) is 18.9 Å². The zero-order valence-electron chi connectivity index (χ0n) is 9.63. The van der Waals surface area contributed by atoms with Gasteiger partial charge < -0.3 is 9.47 Å². The van der Waals surface area contributed by atoms with Gasteiger partial charge in [0.1, 0.15) is 0 Å². The number of alkyl halides is 1. The second-order valence-corrected chi connectivity index (χ2v) is 6.03. The first-order valence-corrected chi connectivity index (χ1v) is 7.69. The second-order valence-electron chi connectivity index (χ2n) is 3.81. The lowest BCUT2D eigenvalue weighted by atomic mass is 10.2. The van der Waals surface area contributed by atoms with E-state index >= 15 is 0 Å². The van der Waals surface area contributed by atoms with Gasteiger partial charge in [-0.1, -0.05) is 12.1 Å². The number of nitrogens with one attached hydrogen (secondary N) is 1. The van der Waals surface area contributed by atoms with E-state index in [1.165, 1.54) is 0 Å². The van der Waals surface area contributed by atoms with Crippen LogP contribution in [-0.2, 0) is 19.5 Å². The molecule has 0 bridgehead atoms. The highest BCUT2D eigenvalue weighted by atomic mass is 35.5. The predicted molar refractivity (Wildman–Crippen MR) is 69.2 cm³/mol. The maximum Gasteiger partial charge on any atom is 0.233 e. The summed E-state index contributed by atoms with van der Waals surface area (Å²) in [6.45, 7) is 1.16. The fourth-order valence-electron chi connectivity index (χ4n) is 1.59. The summed E-state index contributed by atoms with van der Waals surface area (Å²) in [7, 11) is -3.36. The van der Waals surface area contributed by atoms with Gasteiger partial charge in [-0.15, -0.1) is 11.6 Å². The summed E-state index contributed by atoms with van der Waals surface area (Å²) in [5.41, 5.74) is 1.37. The molecule has 100 valence electrons. The van der Waals surface area contributed by atoms with Crippen LogP contribution in [0.25, 0.3) is 0 Å². The summed E-state index contributed by atoms with van der Waals surface area (Å²) in [6.07, 6.45) is -0.349. The van der Waals surface area contributed by atoms with Crippen molar-refractivity contribution in [1.29, 1.82) is 0 Å². The molecule has 0 aromatic heterocycles. The van der Waals surface area contributed by atoms with Crippen LogP contribution >= 0.6 is 11.6 Å². The first-order chi connectivity index (χ1) is 8.61. The van der Waals surface area contributed by atoms with Gasteiger partial charge in [0.25, 0.3) is 0 Å². The summed E-state index contributed by atoms with van der Waals surface area (Å²) >= 11 is 5.41. The van der Waals surface area contributed by atoms with Crippen molar-refractivity contribution in [3.8, 4) is 0 Å². The third kappa shape index (κ3) is 3.58. The molecule has 1 N–H and O–H groups in total. The Bertz CT molecular complexity index is 482. The van der Waals surface area contributed by atoms with Crippen molar-refractivity contribution in [3.63, 3.8) is 0 Å². The van der Waals surface area contributed by atoms with Gasteiger partial charge in [0.2, 0.25) is 10.0 Å². The Labute approximate surface area is 111 Å². The molecule has 1 saturated heterocycles. The maximum atomic E-state index is 11.5. The van der Waals surface area contributed by atoms with Crippen LogP contribution < -0.4 is 4.72 Å². The highest BCUT2D eigenvalue weighted by molar-refractivity contribution is 7.92. The molecule has 0 atom stereocenters. The first-order valence-electron chi connectivity index (χ1n) is 5.50. The molecule has 5 nitrogen and oxygen atoms in total. The zero-order valence-corrected chi connectivity index (χ0v) is 11.2. The molecule has 0 unspecified atom stereocenters. The molecule has 1 fully saturated rings. The van der Waals surface area contributed by atoms with Gasteiger partial charge >= 0.3 is 0 Å². The molecular formula is C11H14ClNO4S. The van der Waals surface area contributed by atoms with E-state index in [4.69, 9.17) is 21.1 Å². The van der Waals surface area contributed by atoms with Gasteiger partial charge in [-0.2, -0.15) is 0 Å². The molecule has 1 aliphatic heterocycles. The van der Waals surface area contributed by atoms with Gasteiger partial charge in [-0.05, 0) is 12.1 Å². The SMILES string of the molecule is O=S(=O)(CCCl)Nc1ccc(C2OCCO2)cc1. The molecule has 0 saturated carbocycles. The highest BCUT2D eigenvalue weighted by Gasteiger charge is 2.18. The highest BCUT2D eigenvalue weighted by Crippen LogP contribution is 2.24. The van der Waals surface area contributed by atoms with Crippen molar-refractivity contribution in [3.05, 3.63) is 29.8 Å². The number of rotatable bonds is 5. The minimum absolute atomic E-state index is 0.0666. The van der Waals surface area contributed by atoms with Crippen LogP contribution in [0.15, 0.2) is 24.3 Å². The summed E-state index contributed by atoms with van der Waals surface area (Å²) < 4.78 is 36.1. The standard InChI is InChI=1S/C11H14ClNO4S/c12-5-8-18(14,15)13-10-3-1-9(2-4-10)11-16-6-7-17-11/h1-4,11,13H,5-8H2. The van der Waals surface area contributed by atoms with E-state index in [9.17, 15) is 8.42 Å². The predicted octanol–water partition coefficient (Wildman–Crippen LogP) is 1.71. The number of benzene rings is 1. The van der Waals surface area contributed by atoms with Crippen LogP contribution in [0.2, 0.25) is 0 Å². The molecule has 0 radical (unpaired) electrons. The van der Waals surface area contributed by atoms with Crippen LogP contribution in [0.4, 0.5) is 5.69 Å². The number of hydrogen-bond acceptors (Lipinski definition) is 4. The van der Waals surface area contributed by atoms with Gasteiger partial charge in [-0.25, -0.2) is 8.42 Å². The van der Waals surface area contributed by atoms with Crippen molar-refractivity contribution in [2.24, 2.45) is 0 Å². The molecule has 1 aromatic carbocycles. The molecule has 0 spiro atoms. The summed E-state index contributed by atoms with van der Waals surface area (Å²) in [5.74, 6) is -0.0394. The van der Waals surface area contributed by atoms with E-state index in [1.54, 1.807) is 24.3 Å². The molecule has 1 aromatic rings. The zero-order chi connectivity index (χ0) is 13.0. The Morgan fingerprint density at radius 3 is 2.39 bits per heavy atom. The minimum atomic E-state index is -3.36. The molecular weight excluding hydrogens is 278 g/mol. The van der Waals surface area contributed by atoms with Crippen molar-refractivity contribution in [2.75, 3.05) is 29.6 Å². The average Bonchev–Trinajstić information content (AvgIpc) is 2.82. The molecule has 0 amide bonds. The molecule has 0 aliphatic carbocycles. The molecule has 1 heterocycles. The fraction of sp³-hybridized carbons (Fsp3) is 0.455. The summed E-state index contributed by atoms with van der Waals surface area (Å²) in [5, 5.41) is 0. The topological polar surface area (TPSA) is 64.6 Å². The fourth-order valence-corrected chi connectivity index (χ4v) is 3.00. The Hall–Kier alpha value is -0.820. The number of halogens is 1. The molecule has 7 heteroatoms. The van der Waals surface area contributed by atoms with Gasteiger partial charge in [0.05, 0.1) is 19.0 Å². The van der Waals surface area contributed by atoms with E-state index in [2.05, 4.69) is 4.72 Å². The van der Waals surface area contributed by atoms with Crippen LogP contribution in [0.3, 0.4) is 0 Å². The largest absolute Gasteiger partial charge is 0.346 e. The average molecular weight is 292 g/mol. The second kappa shape index (κ2) is 5.88. The van der Waals surface area contributed by atoms with E-state index in [1.807, 2.05) is 0 Å². The first kappa shape index (κ1) is 13.6. The van der Waals surface area contributed by atoms with E-state index in [-0.39, 0.29) is 17.9 Å². The van der Waals surface area contributed by atoms with Crippen LogP contribution in [-0.4, -0.2) is 33.3 Å². The quantitative estimate of drug-likeness (QED) is 0.839. The van der Waals surface area contributed by atoms with Crippen LogP contribution in [0.1, 0.15) is 11.9 Å². The summed E-state index contributed by atoms with van der Waals surface area (Å²) in [4.78, 5) is 0. The lowest BCUT2D eigenvalue weighted by molar-refractivity contribution is -0.0441. The number of hydrogen-bond donors (Lipinski definition) is 1. The van der Waals surface area contributed by atoms with E-state index < -0.39 is 10.0 Å².